The van der Waals surface area contributed by atoms with Crippen molar-refractivity contribution in [1.82, 2.24) is 4.90 Å². The van der Waals surface area contributed by atoms with Crippen LogP contribution in [0.25, 0.3) is 0 Å². The molecule has 5 nitrogen and oxygen atoms in total. The number of amides is 1. The number of Topliss-reactive ketones (excluding diaryl/α,β-unsaturated/α-hetero) is 2. The lowest BCUT2D eigenvalue weighted by molar-refractivity contribution is -0.128. The lowest BCUT2D eigenvalue weighted by Crippen LogP contribution is -2.27. The molecular formula is C7H9NO4. The Morgan fingerprint density at radius 3 is 2.42 bits per heavy atom. The molecule has 1 rings (SSSR count). The molecule has 0 aliphatic carbocycles. The van der Waals surface area contributed by atoms with E-state index in [1.54, 1.807) is 0 Å². The van der Waals surface area contributed by atoms with Crippen molar-refractivity contribution >= 4 is 17.7 Å². The van der Waals surface area contributed by atoms with Crippen molar-refractivity contribution in [2.24, 2.45) is 5.92 Å². The van der Waals surface area contributed by atoms with Crippen LogP contribution in [0.1, 0.15) is 6.92 Å². The SMILES string of the molecule is CC(=O)C1CN(C(=O)O)CC1=O. The highest BCUT2D eigenvalue weighted by Crippen LogP contribution is 2.13. The van der Waals surface area contributed by atoms with Crippen LogP contribution in [0.3, 0.4) is 0 Å². The summed E-state index contributed by atoms with van der Waals surface area (Å²) in [6, 6.07) is 0. The smallest absolute Gasteiger partial charge is 0.407 e. The van der Waals surface area contributed by atoms with Crippen molar-refractivity contribution in [3.63, 3.8) is 0 Å². The molecule has 5 heteroatoms. The number of likely N-dealkylation sites (tertiary alicyclic amines) is 1. The van der Waals surface area contributed by atoms with E-state index < -0.39 is 12.0 Å². The Morgan fingerprint density at radius 1 is 1.58 bits per heavy atom. The normalized spacial score (nSPS) is 22.9. The minimum Gasteiger partial charge on any atom is -0.465 e. The zero-order valence-corrected chi connectivity index (χ0v) is 6.61. The molecular weight excluding hydrogens is 162 g/mol. The number of ketones is 2. The molecule has 0 aromatic carbocycles. The van der Waals surface area contributed by atoms with E-state index in [0.717, 1.165) is 4.90 Å². The Balaban J connectivity index is 2.68. The number of hydrogen-bond acceptors (Lipinski definition) is 3. The van der Waals surface area contributed by atoms with Gasteiger partial charge in [-0.3, -0.25) is 14.5 Å². The predicted octanol–water partition coefficient (Wildman–Crippen LogP) is -0.246. The predicted molar refractivity (Wildman–Crippen MR) is 38.8 cm³/mol. The second-order valence-electron chi connectivity index (χ2n) is 2.79. The molecule has 1 unspecified atom stereocenters. The van der Waals surface area contributed by atoms with Crippen LogP contribution in [0, 0.1) is 5.92 Å². The van der Waals surface area contributed by atoms with Gasteiger partial charge in [-0.15, -0.1) is 0 Å². The fourth-order valence-corrected chi connectivity index (χ4v) is 1.19. The Labute approximate surface area is 69.0 Å². The van der Waals surface area contributed by atoms with Crippen LogP contribution in [0.4, 0.5) is 4.79 Å². The van der Waals surface area contributed by atoms with E-state index in [1.807, 2.05) is 0 Å². The summed E-state index contributed by atoms with van der Waals surface area (Å²) in [6.45, 7) is 1.16. The highest BCUT2D eigenvalue weighted by molar-refractivity contribution is 6.05. The Hall–Kier alpha value is -1.39. The van der Waals surface area contributed by atoms with Crippen molar-refractivity contribution in [3.05, 3.63) is 0 Å². The molecule has 0 aromatic heterocycles. The third-order valence-corrected chi connectivity index (χ3v) is 1.90. The molecule has 0 radical (unpaired) electrons. The van der Waals surface area contributed by atoms with Crippen LogP contribution in [0.2, 0.25) is 0 Å². The summed E-state index contributed by atoms with van der Waals surface area (Å²) >= 11 is 0. The molecule has 1 aliphatic heterocycles. The van der Waals surface area contributed by atoms with E-state index >= 15 is 0 Å². The molecule has 0 bridgehead atoms. The summed E-state index contributed by atoms with van der Waals surface area (Å²) in [5.41, 5.74) is 0. The van der Waals surface area contributed by atoms with Crippen molar-refractivity contribution in [2.75, 3.05) is 13.1 Å². The molecule has 1 heterocycles. The fraction of sp³-hybridized carbons (Fsp3) is 0.571. The van der Waals surface area contributed by atoms with Gasteiger partial charge in [0.1, 0.15) is 5.78 Å². The van der Waals surface area contributed by atoms with Gasteiger partial charge in [-0.1, -0.05) is 0 Å². The van der Waals surface area contributed by atoms with Gasteiger partial charge in [0.25, 0.3) is 0 Å². The van der Waals surface area contributed by atoms with Crippen LogP contribution in [-0.4, -0.2) is 40.8 Å². The Morgan fingerprint density at radius 2 is 2.17 bits per heavy atom. The molecule has 1 amide bonds. The quantitative estimate of drug-likeness (QED) is 0.552. The van der Waals surface area contributed by atoms with Gasteiger partial charge in [0.15, 0.2) is 5.78 Å². The van der Waals surface area contributed by atoms with Crippen molar-refractivity contribution in [3.8, 4) is 0 Å². The summed E-state index contributed by atoms with van der Waals surface area (Å²) in [5, 5.41) is 8.49. The third-order valence-electron chi connectivity index (χ3n) is 1.90. The lowest BCUT2D eigenvalue weighted by atomic mass is 10.0. The number of rotatable bonds is 1. The van der Waals surface area contributed by atoms with Gasteiger partial charge in [0.2, 0.25) is 0 Å². The van der Waals surface area contributed by atoms with E-state index in [9.17, 15) is 14.4 Å². The fourth-order valence-electron chi connectivity index (χ4n) is 1.19. The van der Waals surface area contributed by atoms with E-state index in [-0.39, 0.29) is 24.7 Å². The third kappa shape index (κ3) is 1.44. The van der Waals surface area contributed by atoms with Gasteiger partial charge < -0.3 is 5.11 Å². The minimum absolute atomic E-state index is 0.0174. The molecule has 0 spiro atoms. The number of carboxylic acid groups (broad SMARTS) is 1. The average molecular weight is 171 g/mol. The summed E-state index contributed by atoms with van der Waals surface area (Å²) in [4.78, 5) is 33.1. The highest BCUT2D eigenvalue weighted by Gasteiger charge is 2.36. The van der Waals surface area contributed by atoms with Gasteiger partial charge in [-0.2, -0.15) is 0 Å². The van der Waals surface area contributed by atoms with Crippen LogP contribution >= 0.6 is 0 Å². The number of nitrogens with zero attached hydrogens (tertiary/aromatic N) is 1. The summed E-state index contributed by atoms with van der Waals surface area (Å²) < 4.78 is 0. The van der Waals surface area contributed by atoms with Gasteiger partial charge in [0.05, 0.1) is 12.5 Å². The maximum absolute atomic E-state index is 11.0. The zero-order valence-electron chi connectivity index (χ0n) is 6.61. The molecule has 0 aromatic rings. The molecule has 1 aliphatic rings. The number of carbonyl (C=O) groups is 3. The van der Waals surface area contributed by atoms with Crippen LogP contribution in [0.15, 0.2) is 0 Å². The van der Waals surface area contributed by atoms with Gasteiger partial charge >= 0.3 is 6.09 Å². The van der Waals surface area contributed by atoms with Crippen molar-refractivity contribution in [2.45, 2.75) is 6.92 Å². The van der Waals surface area contributed by atoms with Crippen molar-refractivity contribution in [1.29, 1.82) is 0 Å². The Kier molecular flexibility index (Phi) is 2.12. The van der Waals surface area contributed by atoms with Gasteiger partial charge in [-0.05, 0) is 6.92 Å². The molecule has 0 saturated carbocycles. The van der Waals surface area contributed by atoms with E-state index in [1.165, 1.54) is 6.92 Å². The lowest BCUT2D eigenvalue weighted by Gasteiger charge is -2.08. The Bertz CT molecular complexity index is 248. The topological polar surface area (TPSA) is 74.7 Å². The zero-order chi connectivity index (χ0) is 9.30. The standard InChI is InChI=1S/C7H9NO4/c1-4(9)5-2-8(7(11)12)3-6(5)10/h5H,2-3H2,1H3,(H,11,12). The van der Waals surface area contributed by atoms with Gasteiger partial charge in [-0.25, -0.2) is 4.79 Å². The molecule has 12 heavy (non-hydrogen) atoms. The summed E-state index contributed by atoms with van der Waals surface area (Å²) in [7, 11) is 0. The number of carbonyl (C=O) groups excluding carboxylic acids is 2. The molecule has 1 N–H and O–H groups in total. The molecule has 66 valence electrons. The largest absolute Gasteiger partial charge is 0.465 e. The second-order valence-corrected chi connectivity index (χ2v) is 2.79. The van der Waals surface area contributed by atoms with Crippen LogP contribution < -0.4 is 0 Å². The van der Waals surface area contributed by atoms with E-state index in [0.29, 0.717) is 0 Å². The first-order valence-electron chi connectivity index (χ1n) is 3.53. The van der Waals surface area contributed by atoms with Crippen molar-refractivity contribution < 1.29 is 19.5 Å². The van der Waals surface area contributed by atoms with E-state index in [4.69, 9.17) is 5.11 Å². The molecule has 1 saturated heterocycles. The highest BCUT2D eigenvalue weighted by atomic mass is 16.4. The van der Waals surface area contributed by atoms with Crippen LogP contribution in [0.5, 0.6) is 0 Å². The molecule has 1 fully saturated rings. The maximum atomic E-state index is 11.0. The molecule has 1 atom stereocenters. The first kappa shape index (κ1) is 8.70. The first-order valence-corrected chi connectivity index (χ1v) is 3.53. The minimum atomic E-state index is -1.15. The van der Waals surface area contributed by atoms with Gasteiger partial charge in [0, 0.05) is 6.54 Å². The van der Waals surface area contributed by atoms with Crippen LogP contribution in [-0.2, 0) is 9.59 Å². The summed E-state index contributed by atoms with van der Waals surface area (Å²) in [5.74, 6) is -1.30. The first-order chi connectivity index (χ1) is 5.52. The average Bonchev–Trinajstić information content (AvgIpc) is 2.30. The van der Waals surface area contributed by atoms with E-state index in [2.05, 4.69) is 0 Å². The second kappa shape index (κ2) is 2.92. The number of hydrogen-bond donors (Lipinski definition) is 1. The summed E-state index contributed by atoms with van der Waals surface area (Å²) in [6.07, 6.45) is -1.15. The maximum Gasteiger partial charge on any atom is 0.407 e. The monoisotopic (exact) mass is 171 g/mol.